The summed E-state index contributed by atoms with van der Waals surface area (Å²) in [5.41, 5.74) is 2.75. The van der Waals surface area contributed by atoms with Crippen LogP contribution in [0.15, 0.2) is 22.5 Å². The summed E-state index contributed by atoms with van der Waals surface area (Å²) in [5, 5.41) is 11.5. The van der Waals surface area contributed by atoms with E-state index in [-0.39, 0.29) is 5.91 Å². The molecular weight excluding hydrogens is 366 g/mol. The van der Waals surface area contributed by atoms with Crippen molar-refractivity contribution in [2.24, 2.45) is 5.92 Å². The van der Waals surface area contributed by atoms with Gasteiger partial charge in [0.05, 0.1) is 0 Å². The van der Waals surface area contributed by atoms with Crippen LogP contribution in [0.3, 0.4) is 0 Å². The molecule has 3 rings (SSSR count). The molecule has 0 radical (unpaired) electrons. The van der Waals surface area contributed by atoms with Crippen molar-refractivity contribution in [3.8, 4) is 5.75 Å². The van der Waals surface area contributed by atoms with Gasteiger partial charge in [-0.1, -0.05) is 43.0 Å². The molecule has 1 N–H and O–H groups in total. The maximum absolute atomic E-state index is 12.4. The van der Waals surface area contributed by atoms with Crippen LogP contribution in [-0.2, 0) is 17.6 Å². The van der Waals surface area contributed by atoms with E-state index in [0.717, 1.165) is 28.7 Å². The zero-order valence-electron chi connectivity index (χ0n) is 15.4. The van der Waals surface area contributed by atoms with Crippen LogP contribution in [0, 0.1) is 5.92 Å². The quantitative estimate of drug-likeness (QED) is 0.553. The summed E-state index contributed by atoms with van der Waals surface area (Å²) in [5.74, 6) is 2.12. The van der Waals surface area contributed by atoms with Gasteiger partial charge in [0.15, 0.2) is 10.4 Å². The van der Waals surface area contributed by atoms with Gasteiger partial charge in [-0.25, -0.2) is 0 Å². The fourth-order valence-electron chi connectivity index (χ4n) is 2.80. The van der Waals surface area contributed by atoms with Crippen molar-refractivity contribution in [3.63, 3.8) is 0 Å². The van der Waals surface area contributed by atoms with Gasteiger partial charge < -0.3 is 4.74 Å². The van der Waals surface area contributed by atoms with Crippen LogP contribution in [-0.4, -0.2) is 28.0 Å². The zero-order valence-corrected chi connectivity index (χ0v) is 17.1. The van der Waals surface area contributed by atoms with Gasteiger partial charge in [0.25, 0.3) is 5.91 Å². The molecule has 0 spiro atoms. The number of aryl methyl sites for hydroxylation is 2. The van der Waals surface area contributed by atoms with E-state index in [0.29, 0.717) is 11.0 Å². The van der Waals surface area contributed by atoms with Crippen molar-refractivity contribution < 1.29 is 9.53 Å². The first-order valence-electron chi connectivity index (χ1n) is 9.07. The first-order chi connectivity index (χ1) is 12.5. The summed E-state index contributed by atoms with van der Waals surface area (Å²) in [6.07, 6.45) is 4.12. The van der Waals surface area contributed by atoms with E-state index in [1.807, 2.05) is 6.07 Å². The van der Waals surface area contributed by atoms with Crippen LogP contribution in [0.1, 0.15) is 44.7 Å². The maximum atomic E-state index is 12.4. The Morgan fingerprint density at radius 3 is 2.77 bits per heavy atom. The third-order valence-electron chi connectivity index (χ3n) is 4.18. The van der Waals surface area contributed by atoms with Crippen LogP contribution in [0.5, 0.6) is 5.75 Å². The molecule has 1 atom stereocenters. The minimum absolute atomic E-state index is 0.209. The summed E-state index contributed by atoms with van der Waals surface area (Å²) in [6.45, 7) is 6.08. The fourth-order valence-corrected chi connectivity index (χ4v) is 4.54. The number of nitrogens with one attached hydrogen (secondary N) is 1. The molecule has 0 fully saturated rings. The second-order valence-electron chi connectivity index (χ2n) is 6.96. The molecule has 1 aromatic carbocycles. The van der Waals surface area contributed by atoms with E-state index in [1.54, 1.807) is 18.7 Å². The molecule has 0 bridgehead atoms. The average Bonchev–Trinajstić information content (AvgIpc) is 3.07. The summed E-state index contributed by atoms with van der Waals surface area (Å²) in [4.78, 5) is 12.4. The molecule has 0 unspecified atom stereocenters. The lowest BCUT2D eigenvalue weighted by Gasteiger charge is -2.18. The van der Waals surface area contributed by atoms with Gasteiger partial charge in [0.2, 0.25) is 5.13 Å². The number of anilines is 1. The van der Waals surface area contributed by atoms with Crippen LogP contribution in [0.4, 0.5) is 5.13 Å². The van der Waals surface area contributed by atoms with Gasteiger partial charge in [0.1, 0.15) is 5.75 Å². The molecule has 140 valence electrons. The van der Waals surface area contributed by atoms with E-state index in [1.165, 1.54) is 35.3 Å². The second-order valence-corrected chi connectivity index (χ2v) is 9.21. The minimum atomic E-state index is -0.590. The third-order valence-corrected chi connectivity index (χ3v) is 6.58. The Balaban J connectivity index is 1.54. The van der Waals surface area contributed by atoms with Gasteiger partial charge in [-0.05, 0) is 61.8 Å². The molecule has 1 heterocycles. The van der Waals surface area contributed by atoms with Gasteiger partial charge in [-0.15, -0.1) is 10.2 Å². The number of fused-ring (bicyclic) bond motifs is 1. The van der Waals surface area contributed by atoms with Crippen molar-refractivity contribution in [1.29, 1.82) is 0 Å². The summed E-state index contributed by atoms with van der Waals surface area (Å²) < 4.78 is 6.71. The Bertz CT molecular complexity index is 761. The molecule has 1 aliphatic rings. The van der Waals surface area contributed by atoms with E-state index in [9.17, 15) is 4.79 Å². The number of nitrogens with zero attached hydrogens (tertiary/aromatic N) is 2. The highest BCUT2D eigenvalue weighted by molar-refractivity contribution is 8.01. The topological polar surface area (TPSA) is 64.1 Å². The predicted molar refractivity (Wildman–Crippen MR) is 107 cm³/mol. The molecule has 1 aromatic heterocycles. The normalized spacial score (nSPS) is 14.8. The van der Waals surface area contributed by atoms with Crippen molar-refractivity contribution in [2.75, 3.05) is 11.1 Å². The highest BCUT2D eigenvalue weighted by Gasteiger charge is 2.18. The van der Waals surface area contributed by atoms with E-state index in [2.05, 4.69) is 41.5 Å². The Morgan fingerprint density at radius 1 is 1.23 bits per heavy atom. The molecular formula is C19H25N3O2S2. The van der Waals surface area contributed by atoms with E-state index < -0.39 is 6.10 Å². The number of thioether (sulfide) groups is 1. The number of hydrogen-bond donors (Lipinski definition) is 1. The van der Waals surface area contributed by atoms with Gasteiger partial charge in [-0.2, -0.15) is 0 Å². The van der Waals surface area contributed by atoms with Crippen LogP contribution < -0.4 is 10.1 Å². The van der Waals surface area contributed by atoms with Gasteiger partial charge in [-0.3, -0.25) is 10.1 Å². The Morgan fingerprint density at radius 2 is 2.00 bits per heavy atom. The summed E-state index contributed by atoms with van der Waals surface area (Å²) >= 11 is 3.06. The minimum Gasteiger partial charge on any atom is -0.481 e. The molecule has 0 saturated heterocycles. The molecule has 0 aliphatic heterocycles. The third kappa shape index (κ3) is 5.20. The fraction of sp³-hybridized carbons (Fsp3) is 0.526. The average molecular weight is 392 g/mol. The van der Waals surface area contributed by atoms with E-state index in [4.69, 9.17) is 4.74 Å². The van der Waals surface area contributed by atoms with Crippen molar-refractivity contribution >= 4 is 34.1 Å². The number of carbonyl (C=O) groups excluding carboxylic acids is 1. The number of rotatable bonds is 7. The van der Waals surface area contributed by atoms with Crippen LogP contribution >= 0.6 is 23.1 Å². The van der Waals surface area contributed by atoms with Gasteiger partial charge >= 0.3 is 0 Å². The largest absolute Gasteiger partial charge is 0.481 e. The number of hydrogen-bond acceptors (Lipinski definition) is 6. The van der Waals surface area contributed by atoms with Crippen LogP contribution in [0.2, 0.25) is 0 Å². The molecule has 2 aromatic rings. The summed E-state index contributed by atoms with van der Waals surface area (Å²) in [7, 11) is 0. The zero-order chi connectivity index (χ0) is 18.5. The first-order valence-corrected chi connectivity index (χ1v) is 10.9. The Labute approximate surface area is 162 Å². The van der Waals surface area contributed by atoms with Gasteiger partial charge in [0, 0.05) is 5.75 Å². The molecule has 26 heavy (non-hydrogen) atoms. The highest BCUT2D eigenvalue weighted by Crippen LogP contribution is 2.28. The SMILES string of the molecule is CC(C)CSc1nnc(NC(=O)[C@H](C)Oc2ccc3c(c2)CCCC3)s1. The number of benzene rings is 1. The highest BCUT2D eigenvalue weighted by atomic mass is 32.2. The van der Waals surface area contributed by atoms with Crippen molar-refractivity contribution in [3.05, 3.63) is 29.3 Å². The Kier molecular flexibility index (Phi) is 6.53. The molecule has 7 heteroatoms. The maximum Gasteiger partial charge on any atom is 0.266 e. The van der Waals surface area contributed by atoms with Crippen molar-refractivity contribution in [1.82, 2.24) is 10.2 Å². The molecule has 1 aliphatic carbocycles. The lowest BCUT2D eigenvalue weighted by Crippen LogP contribution is -2.30. The number of ether oxygens (including phenoxy) is 1. The molecule has 1 amide bonds. The Hall–Kier alpha value is -1.60. The molecule has 0 saturated carbocycles. The second kappa shape index (κ2) is 8.86. The predicted octanol–water partition coefficient (Wildman–Crippen LogP) is 4.57. The smallest absolute Gasteiger partial charge is 0.266 e. The monoisotopic (exact) mass is 391 g/mol. The van der Waals surface area contributed by atoms with Crippen LogP contribution in [0.25, 0.3) is 0 Å². The van der Waals surface area contributed by atoms with Crippen molar-refractivity contribution in [2.45, 2.75) is 56.9 Å². The lowest BCUT2D eigenvalue weighted by atomic mass is 9.92. The number of carbonyl (C=O) groups is 1. The standard InChI is InChI=1S/C19H25N3O2S2/c1-12(2)11-25-19-22-21-18(26-19)20-17(23)13(3)24-16-9-8-14-6-4-5-7-15(14)10-16/h8-10,12-13H,4-7,11H2,1-3H3,(H,20,21,23)/t13-/m0/s1. The molecule has 5 nitrogen and oxygen atoms in total. The number of aromatic nitrogens is 2. The number of amides is 1. The summed E-state index contributed by atoms with van der Waals surface area (Å²) in [6, 6.07) is 6.15. The first kappa shape index (κ1) is 19.2. The lowest BCUT2D eigenvalue weighted by molar-refractivity contribution is -0.122. The van der Waals surface area contributed by atoms with E-state index >= 15 is 0 Å².